The van der Waals surface area contributed by atoms with Gasteiger partial charge in [0.1, 0.15) is 5.82 Å². The molecule has 2 atom stereocenters. The Kier molecular flexibility index (Phi) is 4.04. The molecule has 2 N–H and O–H groups in total. The molecule has 5 nitrogen and oxygen atoms in total. The molecule has 2 rings (SSSR count). The number of aryl methyl sites for hydroxylation is 1. The van der Waals surface area contributed by atoms with Gasteiger partial charge in [-0.15, -0.1) is 0 Å². The minimum Gasteiger partial charge on any atom is -0.465 e. The zero-order chi connectivity index (χ0) is 14.0. The van der Waals surface area contributed by atoms with E-state index in [-0.39, 0.29) is 12.0 Å². The number of ether oxygens (including phenoxy) is 1. The van der Waals surface area contributed by atoms with Crippen molar-refractivity contribution in [1.29, 1.82) is 0 Å². The number of esters is 1. The third-order valence-electron chi connectivity index (χ3n) is 3.82. The van der Waals surface area contributed by atoms with Crippen LogP contribution >= 0.6 is 0 Å². The Hall–Kier alpha value is -1.62. The summed E-state index contributed by atoms with van der Waals surface area (Å²) < 4.78 is 4.72. The Morgan fingerprint density at radius 3 is 2.84 bits per heavy atom. The number of carbonyl (C=O) groups is 1. The van der Waals surface area contributed by atoms with Crippen molar-refractivity contribution in [3.63, 3.8) is 0 Å². The third-order valence-corrected chi connectivity index (χ3v) is 3.82. The number of pyridine rings is 1. The maximum absolute atomic E-state index is 11.5. The van der Waals surface area contributed by atoms with E-state index in [4.69, 9.17) is 10.5 Å². The predicted molar refractivity (Wildman–Crippen MR) is 74.3 cm³/mol. The lowest BCUT2D eigenvalue weighted by atomic mass is 9.94. The van der Waals surface area contributed by atoms with Crippen LogP contribution < -0.4 is 10.6 Å². The lowest BCUT2D eigenvalue weighted by Crippen LogP contribution is -2.47. The molecule has 2 unspecified atom stereocenters. The van der Waals surface area contributed by atoms with Crippen LogP contribution in [0.25, 0.3) is 0 Å². The highest BCUT2D eigenvalue weighted by Gasteiger charge is 2.24. The van der Waals surface area contributed by atoms with Gasteiger partial charge in [0, 0.05) is 19.1 Å². The molecule has 104 valence electrons. The number of piperidine rings is 1. The van der Waals surface area contributed by atoms with Crippen molar-refractivity contribution in [3.05, 3.63) is 23.4 Å². The minimum atomic E-state index is -0.347. The molecule has 0 bridgehead atoms. The first-order valence-electron chi connectivity index (χ1n) is 6.59. The van der Waals surface area contributed by atoms with Gasteiger partial charge in [-0.25, -0.2) is 9.78 Å². The zero-order valence-corrected chi connectivity index (χ0v) is 11.7. The Bertz CT molecular complexity index is 476. The molecule has 0 radical (unpaired) electrons. The van der Waals surface area contributed by atoms with Gasteiger partial charge in [-0.3, -0.25) is 0 Å². The van der Waals surface area contributed by atoms with Crippen LogP contribution in [-0.4, -0.2) is 37.2 Å². The number of hydrogen-bond acceptors (Lipinski definition) is 5. The number of methoxy groups -OCH3 is 1. The molecule has 1 aliphatic rings. The third kappa shape index (κ3) is 2.87. The van der Waals surface area contributed by atoms with E-state index in [9.17, 15) is 4.79 Å². The van der Waals surface area contributed by atoms with Crippen LogP contribution in [0.4, 0.5) is 5.82 Å². The van der Waals surface area contributed by atoms with Gasteiger partial charge in [-0.05, 0) is 31.4 Å². The number of nitrogens with two attached hydrogens (primary N) is 1. The number of aromatic nitrogens is 1. The van der Waals surface area contributed by atoms with Crippen LogP contribution in [0.5, 0.6) is 0 Å². The molecule has 1 saturated heterocycles. The van der Waals surface area contributed by atoms with Crippen LogP contribution in [-0.2, 0) is 4.74 Å². The van der Waals surface area contributed by atoms with Crippen molar-refractivity contribution in [2.75, 3.05) is 25.1 Å². The topological polar surface area (TPSA) is 68.5 Å². The second kappa shape index (κ2) is 5.57. The first kappa shape index (κ1) is 13.8. The maximum Gasteiger partial charge on any atom is 0.339 e. The summed E-state index contributed by atoms with van der Waals surface area (Å²) in [7, 11) is 1.38. The average molecular weight is 263 g/mol. The number of hydrogen-bond donors (Lipinski definition) is 1. The number of nitrogens with zero attached hydrogens (tertiary/aromatic N) is 2. The molecule has 1 fully saturated rings. The number of anilines is 1. The fraction of sp³-hybridized carbons (Fsp3) is 0.571. The summed E-state index contributed by atoms with van der Waals surface area (Å²) in [5.74, 6) is 1.08. The summed E-state index contributed by atoms with van der Waals surface area (Å²) in [5.41, 5.74) is 7.31. The molecule has 0 spiro atoms. The molecule has 5 heteroatoms. The summed E-state index contributed by atoms with van der Waals surface area (Å²) in [6, 6.07) is 3.81. The highest BCUT2D eigenvalue weighted by atomic mass is 16.5. The Balaban J connectivity index is 2.18. The molecular formula is C14H21N3O2. The van der Waals surface area contributed by atoms with Crippen molar-refractivity contribution in [3.8, 4) is 0 Å². The molecular weight excluding hydrogens is 242 g/mol. The molecule has 0 aliphatic carbocycles. The molecule has 19 heavy (non-hydrogen) atoms. The van der Waals surface area contributed by atoms with Gasteiger partial charge >= 0.3 is 5.97 Å². The van der Waals surface area contributed by atoms with Crippen molar-refractivity contribution < 1.29 is 9.53 Å². The Morgan fingerprint density at radius 2 is 2.26 bits per heavy atom. The summed E-state index contributed by atoms with van der Waals surface area (Å²) in [6.07, 6.45) is 1.07. The van der Waals surface area contributed by atoms with Gasteiger partial charge in [0.15, 0.2) is 0 Å². The first-order valence-corrected chi connectivity index (χ1v) is 6.59. The van der Waals surface area contributed by atoms with Crippen LogP contribution in [0, 0.1) is 12.8 Å². The van der Waals surface area contributed by atoms with E-state index < -0.39 is 0 Å². The predicted octanol–water partition coefficient (Wildman–Crippen LogP) is 1.35. The van der Waals surface area contributed by atoms with E-state index in [1.54, 1.807) is 6.07 Å². The second-order valence-corrected chi connectivity index (χ2v) is 5.17. The zero-order valence-electron chi connectivity index (χ0n) is 11.7. The lowest BCUT2D eigenvalue weighted by Gasteiger charge is -2.36. The summed E-state index contributed by atoms with van der Waals surface area (Å²) in [6.45, 7) is 5.77. The van der Waals surface area contributed by atoms with Gasteiger partial charge in [-0.2, -0.15) is 0 Å². The van der Waals surface area contributed by atoms with Crippen LogP contribution in [0.2, 0.25) is 0 Å². The number of carbonyl (C=O) groups excluding carboxylic acids is 1. The van der Waals surface area contributed by atoms with E-state index in [1.165, 1.54) is 7.11 Å². The summed E-state index contributed by atoms with van der Waals surface area (Å²) in [5, 5.41) is 0. The monoisotopic (exact) mass is 263 g/mol. The SMILES string of the molecule is COC(=O)c1ccc(N2CCC(C)C(N)C2)nc1C. The summed E-state index contributed by atoms with van der Waals surface area (Å²) >= 11 is 0. The largest absolute Gasteiger partial charge is 0.465 e. The van der Waals surface area contributed by atoms with Crippen molar-refractivity contribution in [2.24, 2.45) is 11.7 Å². The highest BCUT2D eigenvalue weighted by molar-refractivity contribution is 5.90. The minimum absolute atomic E-state index is 0.177. The molecule has 0 amide bonds. The molecule has 2 heterocycles. The first-order chi connectivity index (χ1) is 9.02. The van der Waals surface area contributed by atoms with Gasteiger partial charge < -0.3 is 15.4 Å². The van der Waals surface area contributed by atoms with Crippen LogP contribution in [0.1, 0.15) is 29.4 Å². The van der Waals surface area contributed by atoms with E-state index in [2.05, 4.69) is 16.8 Å². The van der Waals surface area contributed by atoms with E-state index in [0.717, 1.165) is 25.3 Å². The van der Waals surface area contributed by atoms with E-state index >= 15 is 0 Å². The standard InChI is InChI=1S/C14H21N3O2/c1-9-6-7-17(8-12(9)15)13-5-4-11(10(2)16-13)14(18)19-3/h4-5,9,12H,6-8,15H2,1-3H3. The molecule has 1 aromatic rings. The van der Waals surface area contributed by atoms with Crippen molar-refractivity contribution >= 4 is 11.8 Å². The second-order valence-electron chi connectivity index (χ2n) is 5.17. The fourth-order valence-corrected chi connectivity index (χ4v) is 2.36. The summed E-state index contributed by atoms with van der Waals surface area (Å²) in [4.78, 5) is 18.2. The molecule has 1 aromatic heterocycles. The maximum atomic E-state index is 11.5. The van der Waals surface area contributed by atoms with Crippen molar-refractivity contribution in [1.82, 2.24) is 4.98 Å². The Labute approximate surface area is 113 Å². The van der Waals surface area contributed by atoms with Gasteiger partial charge in [-0.1, -0.05) is 6.92 Å². The average Bonchev–Trinajstić information content (AvgIpc) is 2.41. The van der Waals surface area contributed by atoms with Gasteiger partial charge in [0.25, 0.3) is 0 Å². The lowest BCUT2D eigenvalue weighted by molar-refractivity contribution is 0.0599. The fourth-order valence-electron chi connectivity index (χ4n) is 2.36. The van der Waals surface area contributed by atoms with E-state index in [0.29, 0.717) is 17.2 Å². The number of rotatable bonds is 2. The quantitative estimate of drug-likeness (QED) is 0.816. The van der Waals surface area contributed by atoms with Gasteiger partial charge in [0.2, 0.25) is 0 Å². The van der Waals surface area contributed by atoms with Crippen molar-refractivity contribution in [2.45, 2.75) is 26.3 Å². The smallest absolute Gasteiger partial charge is 0.339 e. The molecule has 0 aromatic carbocycles. The van der Waals surface area contributed by atoms with Crippen LogP contribution in [0.15, 0.2) is 12.1 Å². The molecule has 1 aliphatic heterocycles. The van der Waals surface area contributed by atoms with Gasteiger partial charge in [0.05, 0.1) is 18.4 Å². The van der Waals surface area contributed by atoms with Crippen LogP contribution in [0.3, 0.4) is 0 Å². The highest BCUT2D eigenvalue weighted by Crippen LogP contribution is 2.22. The Morgan fingerprint density at radius 1 is 1.53 bits per heavy atom. The normalized spacial score (nSPS) is 23.3. The molecule has 0 saturated carbocycles. The van der Waals surface area contributed by atoms with E-state index in [1.807, 2.05) is 13.0 Å².